The van der Waals surface area contributed by atoms with Gasteiger partial charge in [0.1, 0.15) is 0 Å². The molecule has 0 atom stereocenters. The Hall–Kier alpha value is -6.38. The van der Waals surface area contributed by atoms with E-state index >= 15 is 0 Å². The van der Waals surface area contributed by atoms with Gasteiger partial charge in [0.15, 0.2) is 0 Å². The first kappa shape index (κ1) is 29.7. The predicted octanol–water partition coefficient (Wildman–Crippen LogP) is 13.4. The molecule has 0 unspecified atom stereocenters. The van der Waals surface area contributed by atoms with Crippen molar-refractivity contribution in [2.75, 3.05) is 4.90 Å². The summed E-state index contributed by atoms with van der Waals surface area (Å²) >= 11 is 0. The molecule has 238 valence electrons. The van der Waals surface area contributed by atoms with Crippen molar-refractivity contribution in [1.82, 2.24) is 4.57 Å². The first-order valence-electron chi connectivity index (χ1n) is 17.4. The molecule has 0 radical (unpaired) electrons. The van der Waals surface area contributed by atoms with Crippen LogP contribution in [0.3, 0.4) is 0 Å². The minimum atomic E-state index is 0.926. The molecule has 9 rings (SSSR count). The van der Waals surface area contributed by atoms with Gasteiger partial charge in [-0.1, -0.05) is 140 Å². The number of aryl methyl sites for hydroxylation is 1. The molecule has 0 bridgehead atoms. The minimum absolute atomic E-state index is 0.926. The summed E-state index contributed by atoms with van der Waals surface area (Å²) in [5.41, 5.74) is 13.2. The number of anilines is 3. The highest BCUT2D eigenvalue weighted by Gasteiger charge is 2.17. The fourth-order valence-electron chi connectivity index (χ4n) is 7.64. The van der Waals surface area contributed by atoms with Crippen molar-refractivity contribution >= 4 is 49.6 Å². The summed E-state index contributed by atoms with van der Waals surface area (Å²) in [6.45, 7) is 3.15. The van der Waals surface area contributed by atoms with Crippen LogP contribution < -0.4 is 4.90 Å². The Labute approximate surface area is 293 Å². The lowest BCUT2D eigenvalue weighted by molar-refractivity contribution is 0.827. The number of fused-ring (bicyclic) bond motifs is 4. The Kier molecular flexibility index (Phi) is 7.48. The monoisotopic (exact) mass is 640 g/mol. The zero-order chi connectivity index (χ0) is 33.4. The van der Waals surface area contributed by atoms with Gasteiger partial charge in [0.25, 0.3) is 0 Å². The Bertz CT molecular complexity index is 2610. The first-order valence-corrected chi connectivity index (χ1v) is 17.4. The minimum Gasteiger partial charge on any atom is -0.341 e. The lowest BCUT2D eigenvalue weighted by Gasteiger charge is -2.26. The molecule has 0 spiro atoms. The van der Waals surface area contributed by atoms with Crippen LogP contribution in [0.5, 0.6) is 0 Å². The smallest absolute Gasteiger partial charge is 0.0497 e. The summed E-state index contributed by atoms with van der Waals surface area (Å²) in [6, 6.07) is 68.2. The molecule has 50 heavy (non-hydrogen) atoms. The van der Waals surface area contributed by atoms with Crippen molar-refractivity contribution in [2.45, 2.75) is 13.5 Å². The van der Waals surface area contributed by atoms with Crippen LogP contribution >= 0.6 is 0 Å². The maximum absolute atomic E-state index is 2.43. The molecule has 2 heteroatoms. The fraction of sp³-hybridized carbons (Fsp3) is 0.0417. The van der Waals surface area contributed by atoms with E-state index in [-0.39, 0.29) is 0 Å². The van der Waals surface area contributed by atoms with Gasteiger partial charge >= 0.3 is 0 Å². The standard InChI is InChI=1S/C48H36N2/c1-2-49-46-23-9-8-20-45(46)48-44(22-12-24-47(48)49)38-17-10-18-41(33-38)50(39-29-25-35(26-30-39)34-13-4-3-5-14-34)40-31-27-37(28-32-40)43-21-11-16-36-15-6-7-19-42(36)43/h3-33H,2H2,1H3. The van der Waals surface area contributed by atoms with E-state index in [2.05, 4.69) is 204 Å². The van der Waals surface area contributed by atoms with Gasteiger partial charge < -0.3 is 9.47 Å². The van der Waals surface area contributed by atoms with Crippen molar-refractivity contribution in [3.63, 3.8) is 0 Å². The van der Waals surface area contributed by atoms with E-state index < -0.39 is 0 Å². The van der Waals surface area contributed by atoms with E-state index in [0.717, 1.165) is 23.6 Å². The van der Waals surface area contributed by atoms with Crippen LogP contribution in [0.15, 0.2) is 188 Å². The summed E-state index contributed by atoms with van der Waals surface area (Å²) in [5.74, 6) is 0. The second-order valence-electron chi connectivity index (χ2n) is 12.8. The van der Waals surface area contributed by atoms with Crippen LogP contribution in [-0.4, -0.2) is 4.57 Å². The van der Waals surface area contributed by atoms with Gasteiger partial charge in [0.05, 0.1) is 0 Å². The second kappa shape index (κ2) is 12.6. The lowest BCUT2D eigenvalue weighted by atomic mass is 9.97. The zero-order valence-corrected chi connectivity index (χ0v) is 28.0. The fourth-order valence-corrected chi connectivity index (χ4v) is 7.64. The van der Waals surface area contributed by atoms with E-state index in [1.165, 1.54) is 66.0 Å². The van der Waals surface area contributed by atoms with Crippen LogP contribution in [0.25, 0.3) is 66.0 Å². The highest BCUT2D eigenvalue weighted by atomic mass is 15.1. The van der Waals surface area contributed by atoms with Crippen LogP contribution in [0, 0.1) is 0 Å². The van der Waals surface area contributed by atoms with E-state index in [0.29, 0.717) is 0 Å². The molecule has 2 nitrogen and oxygen atoms in total. The first-order chi connectivity index (χ1) is 24.8. The number of aromatic nitrogens is 1. The summed E-state index contributed by atoms with van der Waals surface area (Å²) in [4.78, 5) is 2.38. The zero-order valence-electron chi connectivity index (χ0n) is 28.0. The molecule has 1 aromatic heterocycles. The Morgan fingerprint density at radius 1 is 0.400 bits per heavy atom. The van der Waals surface area contributed by atoms with E-state index in [1.807, 2.05) is 0 Å². The van der Waals surface area contributed by atoms with Crippen molar-refractivity contribution < 1.29 is 0 Å². The topological polar surface area (TPSA) is 8.17 Å². The second-order valence-corrected chi connectivity index (χ2v) is 12.8. The average molecular weight is 641 g/mol. The molecular formula is C48H36N2. The molecule has 0 amide bonds. The van der Waals surface area contributed by atoms with Gasteiger partial charge in [-0.05, 0) is 99.6 Å². The molecule has 9 aromatic rings. The highest BCUT2D eigenvalue weighted by molar-refractivity contribution is 6.15. The molecule has 1 heterocycles. The van der Waals surface area contributed by atoms with Crippen LogP contribution in [-0.2, 0) is 6.54 Å². The van der Waals surface area contributed by atoms with Crippen molar-refractivity contribution in [2.24, 2.45) is 0 Å². The van der Waals surface area contributed by atoms with Crippen LogP contribution in [0.4, 0.5) is 17.1 Å². The maximum atomic E-state index is 2.43. The van der Waals surface area contributed by atoms with Crippen molar-refractivity contribution in [3.8, 4) is 33.4 Å². The van der Waals surface area contributed by atoms with Gasteiger partial charge in [-0.15, -0.1) is 0 Å². The third-order valence-electron chi connectivity index (χ3n) is 9.99. The summed E-state index contributed by atoms with van der Waals surface area (Å²) < 4.78 is 2.43. The molecule has 0 aliphatic carbocycles. The number of nitrogens with zero attached hydrogens (tertiary/aromatic N) is 2. The molecule has 0 fully saturated rings. The van der Waals surface area contributed by atoms with Gasteiger partial charge in [-0.2, -0.15) is 0 Å². The normalized spacial score (nSPS) is 11.4. The molecule has 0 N–H and O–H groups in total. The summed E-state index contributed by atoms with van der Waals surface area (Å²) in [7, 11) is 0. The Morgan fingerprint density at radius 2 is 0.960 bits per heavy atom. The number of hydrogen-bond acceptors (Lipinski definition) is 1. The van der Waals surface area contributed by atoms with Gasteiger partial charge in [-0.25, -0.2) is 0 Å². The van der Waals surface area contributed by atoms with Crippen molar-refractivity contribution in [3.05, 3.63) is 188 Å². The van der Waals surface area contributed by atoms with Crippen LogP contribution in [0.1, 0.15) is 6.92 Å². The lowest BCUT2D eigenvalue weighted by Crippen LogP contribution is -2.10. The van der Waals surface area contributed by atoms with Gasteiger partial charge in [-0.3, -0.25) is 0 Å². The highest BCUT2D eigenvalue weighted by Crippen LogP contribution is 2.41. The van der Waals surface area contributed by atoms with Gasteiger partial charge in [0.2, 0.25) is 0 Å². The molecular weight excluding hydrogens is 605 g/mol. The Balaban J connectivity index is 1.18. The Morgan fingerprint density at radius 3 is 1.74 bits per heavy atom. The van der Waals surface area contributed by atoms with Gasteiger partial charge in [0, 0.05) is 45.4 Å². The largest absolute Gasteiger partial charge is 0.341 e. The summed E-state index contributed by atoms with van der Waals surface area (Å²) in [5, 5.41) is 5.12. The third-order valence-corrected chi connectivity index (χ3v) is 9.99. The number of rotatable bonds is 7. The molecule has 0 aliphatic rings. The van der Waals surface area contributed by atoms with Crippen LogP contribution in [0.2, 0.25) is 0 Å². The molecule has 0 saturated heterocycles. The maximum Gasteiger partial charge on any atom is 0.0497 e. The number of benzene rings is 8. The quantitative estimate of drug-likeness (QED) is 0.168. The molecule has 8 aromatic carbocycles. The van der Waals surface area contributed by atoms with E-state index in [9.17, 15) is 0 Å². The molecule has 0 aliphatic heterocycles. The number of para-hydroxylation sites is 1. The summed E-state index contributed by atoms with van der Waals surface area (Å²) in [6.07, 6.45) is 0. The third kappa shape index (κ3) is 5.14. The average Bonchev–Trinajstić information content (AvgIpc) is 3.53. The van der Waals surface area contributed by atoms with Crippen molar-refractivity contribution in [1.29, 1.82) is 0 Å². The molecule has 0 saturated carbocycles. The number of hydrogen-bond donors (Lipinski definition) is 0. The predicted molar refractivity (Wildman–Crippen MR) is 214 cm³/mol. The SMILES string of the molecule is CCn1c2ccccc2c2c(-c3cccc(N(c4ccc(-c5ccccc5)cc4)c4ccc(-c5cccc6ccccc56)cc4)c3)cccc21. The van der Waals surface area contributed by atoms with E-state index in [1.54, 1.807) is 0 Å². The van der Waals surface area contributed by atoms with E-state index in [4.69, 9.17) is 0 Å².